The van der Waals surface area contributed by atoms with Crippen LogP contribution in [-0.2, 0) is 18.8 Å². The Kier molecular flexibility index (Phi) is 5.06. The lowest BCUT2D eigenvalue weighted by molar-refractivity contribution is -0.00710. The van der Waals surface area contributed by atoms with Gasteiger partial charge in [0.15, 0.2) is 11.2 Å². The molecule has 0 bridgehead atoms. The molecule has 2 unspecified atom stereocenters. The summed E-state index contributed by atoms with van der Waals surface area (Å²) in [5, 5.41) is 8.73. The van der Waals surface area contributed by atoms with E-state index in [4.69, 9.17) is 14.1 Å². The molecule has 1 aliphatic rings. The fourth-order valence-corrected chi connectivity index (χ4v) is 5.10. The van der Waals surface area contributed by atoms with E-state index in [0.29, 0.717) is 34.5 Å². The van der Waals surface area contributed by atoms with Crippen molar-refractivity contribution in [1.82, 2.24) is 34.1 Å². The molecule has 2 atom stereocenters. The number of furan rings is 1. The molecule has 1 fully saturated rings. The van der Waals surface area contributed by atoms with Crippen LogP contribution in [0.3, 0.4) is 0 Å². The number of ether oxygens (including phenoxy) is 1. The second-order valence-electron chi connectivity index (χ2n) is 9.22. The van der Waals surface area contributed by atoms with Gasteiger partial charge in [0.25, 0.3) is 0 Å². The Labute approximate surface area is 201 Å². The van der Waals surface area contributed by atoms with Crippen LogP contribution in [0.25, 0.3) is 44.7 Å². The van der Waals surface area contributed by atoms with Crippen LogP contribution in [0.15, 0.2) is 39.9 Å². The molecule has 6 rings (SSSR count). The maximum Gasteiger partial charge on any atom is 0.349 e. The van der Waals surface area contributed by atoms with Crippen LogP contribution in [0.5, 0.6) is 0 Å². The van der Waals surface area contributed by atoms with Gasteiger partial charge in [-0.1, -0.05) is 6.92 Å². The first-order valence-electron chi connectivity index (χ1n) is 11.9. The third-order valence-corrected chi connectivity index (χ3v) is 6.81. The van der Waals surface area contributed by atoms with Gasteiger partial charge in [-0.3, -0.25) is 13.9 Å². The maximum atomic E-state index is 13.6. The summed E-state index contributed by atoms with van der Waals surface area (Å²) in [5.74, 6) is 0. The van der Waals surface area contributed by atoms with E-state index in [0.717, 1.165) is 41.8 Å². The summed E-state index contributed by atoms with van der Waals surface area (Å²) >= 11 is 0. The zero-order chi connectivity index (χ0) is 24.3. The van der Waals surface area contributed by atoms with E-state index >= 15 is 0 Å². The molecule has 0 aromatic carbocycles. The zero-order valence-electron chi connectivity index (χ0n) is 20.2. The average molecular weight is 474 g/mol. The van der Waals surface area contributed by atoms with Crippen LogP contribution >= 0.6 is 0 Å². The number of rotatable bonds is 4. The van der Waals surface area contributed by atoms with Crippen molar-refractivity contribution >= 4 is 22.2 Å². The molecule has 10 heteroatoms. The molecular formula is C25H27N7O3. The summed E-state index contributed by atoms with van der Waals surface area (Å²) in [6.07, 6.45) is 7.95. The van der Waals surface area contributed by atoms with Gasteiger partial charge in [-0.25, -0.2) is 9.78 Å². The molecular weight excluding hydrogens is 446 g/mol. The quantitative estimate of drug-likeness (QED) is 0.391. The maximum absolute atomic E-state index is 13.6. The molecule has 0 radical (unpaired) electrons. The molecule has 0 N–H and O–H groups in total. The predicted octanol–water partition coefficient (Wildman–Crippen LogP) is 3.78. The van der Waals surface area contributed by atoms with Crippen LogP contribution in [0, 0.1) is 6.92 Å². The Morgan fingerprint density at radius 1 is 1.14 bits per heavy atom. The third kappa shape index (κ3) is 3.56. The highest BCUT2D eigenvalue weighted by Gasteiger charge is 2.29. The normalized spacial score (nSPS) is 18.6. The van der Waals surface area contributed by atoms with Crippen molar-refractivity contribution in [3.63, 3.8) is 0 Å². The number of pyridine rings is 1. The number of aryl methyl sites for hydroxylation is 3. The molecule has 180 valence electrons. The van der Waals surface area contributed by atoms with Crippen molar-refractivity contribution in [2.75, 3.05) is 6.61 Å². The summed E-state index contributed by atoms with van der Waals surface area (Å²) in [5.41, 5.74) is 5.96. The molecule has 5 aromatic rings. The van der Waals surface area contributed by atoms with Crippen molar-refractivity contribution in [3.05, 3.63) is 46.9 Å². The highest BCUT2D eigenvalue weighted by Crippen LogP contribution is 2.37. The van der Waals surface area contributed by atoms with Crippen molar-refractivity contribution in [2.24, 2.45) is 14.1 Å². The highest BCUT2D eigenvalue weighted by atomic mass is 16.5. The fourth-order valence-electron chi connectivity index (χ4n) is 5.10. The molecule has 6 heterocycles. The van der Waals surface area contributed by atoms with Crippen LogP contribution in [0.4, 0.5) is 0 Å². The van der Waals surface area contributed by atoms with Crippen molar-refractivity contribution in [3.8, 4) is 22.5 Å². The number of aromatic nitrogens is 7. The molecule has 0 aliphatic carbocycles. The van der Waals surface area contributed by atoms with E-state index in [1.165, 1.54) is 0 Å². The van der Waals surface area contributed by atoms with Crippen LogP contribution in [0.1, 0.15) is 37.9 Å². The van der Waals surface area contributed by atoms with Gasteiger partial charge in [-0.2, -0.15) is 15.2 Å². The van der Waals surface area contributed by atoms with E-state index in [9.17, 15) is 4.79 Å². The van der Waals surface area contributed by atoms with E-state index in [1.807, 2.05) is 45.5 Å². The third-order valence-electron chi connectivity index (χ3n) is 6.81. The van der Waals surface area contributed by atoms with Gasteiger partial charge < -0.3 is 9.15 Å². The summed E-state index contributed by atoms with van der Waals surface area (Å²) in [6, 6.07) is 3.78. The Balaban J connectivity index is 1.66. The minimum Gasteiger partial charge on any atom is -0.450 e. The summed E-state index contributed by atoms with van der Waals surface area (Å²) in [4.78, 5) is 23.1. The zero-order valence-corrected chi connectivity index (χ0v) is 20.2. The Morgan fingerprint density at radius 2 is 2.00 bits per heavy atom. The minimum atomic E-state index is -0.314. The SMILES string of the molecule is CCC1CC(n2c(=O)nc(-c3cnn(C)c3)c3oc4ccc(-c5cn(C)nc5C)nc4c32)CCO1. The van der Waals surface area contributed by atoms with E-state index < -0.39 is 0 Å². The van der Waals surface area contributed by atoms with Gasteiger partial charge in [-0.05, 0) is 38.3 Å². The van der Waals surface area contributed by atoms with Crippen molar-refractivity contribution < 1.29 is 9.15 Å². The first-order valence-corrected chi connectivity index (χ1v) is 11.9. The summed E-state index contributed by atoms with van der Waals surface area (Å²) < 4.78 is 17.5. The number of hydrogen-bond acceptors (Lipinski definition) is 7. The largest absolute Gasteiger partial charge is 0.450 e. The fraction of sp³-hybridized carbons (Fsp3) is 0.400. The first kappa shape index (κ1) is 21.7. The monoisotopic (exact) mass is 473 g/mol. The van der Waals surface area contributed by atoms with E-state index in [1.54, 1.807) is 20.1 Å². The lowest BCUT2D eigenvalue weighted by Gasteiger charge is -2.30. The van der Waals surface area contributed by atoms with Gasteiger partial charge >= 0.3 is 5.69 Å². The molecule has 0 amide bonds. The number of fused-ring (bicyclic) bond motifs is 3. The van der Waals surface area contributed by atoms with E-state index in [2.05, 4.69) is 22.1 Å². The lowest BCUT2D eigenvalue weighted by atomic mass is 10.0. The average Bonchev–Trinajstić information content (AvgIpc) is 3.54. The van der Waals surface area contributed by atoms with Crippen molar-refractivity contribution in [2.45, 2.75) is 45.3 Å². The Bertz CT molecular complexity index is 1620. The lowest BCUT2D eigenvalue weighted by Crippen LogP contribution is -2.34. The number of nitrogens with zero attached hydrogens (tertiary/aromatic N) is 7. The molecule has 10 nitrogen and oxygen atoms in total. The Hall–Kier alpha value is -3.79. The van der Waals surface area contributed by atoms with Gasteiger partial charge in [0, 0.05) is 50.3 Å². The standard InChI is InChI=1S/C25H27N7O3/c1-5-17-10-16(8-9-34-17)32-23-22-20(7-6-19(27-22)18-13-31(4)29-14(18)2)35-24(23)21(28-25(32)33)15-11-26-30(3)12-15/h6-7,11-13,16-17H,5,8-10H2,1-4H3. The predicted molar refractivity (Wildman–Crippen MR) is 131 cm³/mol. The first-order chi connectivity index (χ1) is 16.9. The Morgan fingerprint density at radius 3 is 2.71 bits per heavy atom. The van der Waals surface area contributed by atoms with Crippen LogP contribution < -0.4 is 5.69 Å². The molecule has 1 saturated heterocycles. The van der Waals surface area contributed by atoms with Crippen LogP contribution in [-0.4, -0.2) is 46.8 Å². The summed E-state index contributed by atoms with van der Waals surface area (Å²) in [7, 11) is 3.72. The second-order valence-corrected chi connectivity index (χ2v) is 9.22. The molecule has 1 aliphatic heterocycles. The number of hydrogen-bond donors (Lipinski definition) is 0. The van der Waals surface area contributed by atoms with Gasteiger partial charge in [0.1, 0.15) is 16.7 Å². The minimum absolute atomic E-state index is 0.0504. The van der Waals surface area contributed by atoms with Crippen LogP contribution in [0.2, 0.25) is 0 Å². The molecule has 0 spiro atoms. The summed E-state index contributed by atoms with van der Waals surface area (Å²) in [6.45, 7) is 4.67. The van der Waals surface area contributed by atoms with E-state index in [-0.39, 0.29) is 17.8 Å². The molecule has 35 heavy (non-hydrogen) atoms. The molecule has 0 saturated carbocycles. The van der Waals surface area contributed by atoms with Gasteiger partial charge in [0.2, 0.25) is 0 Å². The topological polar surface area (TPSA) is 106 Å². The van der Waals surface area contributed by atoms with Gasteiger partial charge in [0.05, 0.1) is 23.7 Å². The molecule has 5 aromatic heterocycles. The second kappa shape index (κ2) is 8.16. The van der Waals surface area contributed by atoms with Gasteiger partial charge in [-0.15, -0.1) is 0 Å². The van der Waals surface area contributed by atoms with Crippen molar-refractivity contribution in [1.29, 1.82) is 0 Å². The highest BCUT2D eigenvalue weighted by molar-refractivity contribution is 6.05. The smallest absolute Gasteiger partial charge is 0.349 e.